The second-order valence-electron chi connectivity index (χ2n) is 5.55. The monoisotopic (exact) mass is 458 g/mol. The molecular weight excluding hydrogens is 443 g/mol. The van der Waals surface area contributed by atoms with Crippen molar-refractivity contribution >= 4 is 40.7 Å². The van der Waals surface area contributed by atoms with Crippen molar-refractivity contribution in [1.29, 1.82) is 0 Å². The highest BCUT2D eigenvalue weighted by molar-refractivity contribution is 9.10. The van der Waals surface area contributed by atoms with E-state index in [1.54, 1.807) is 12.1 Å². The molecule has 4 rings (SSSR count). The van der Waals surface area contributed by atoms with E-state index in [1.807, 2.05) is 30.3 Å². The van der Waals surface area contributed by atoms with Crippen molar-refractivity contribution in [3.05, 3.63) is 68.9 Å². The molecule has 0 aromatic heterocycles. The third kappa shape index (κ3) is 4.97. The largest absolute Gasteiger partial charge is 0.421 e. The molecule has 2 heterocycles. The third-order valence-electron chi connectivity index (χ3n) is 3.66. The van der Waals surface area contributed by atoms with Gasteiger partial charge in [0.2, 0.25) is 0 Å². The molecule has 2 aromatic rings. The fourth-order valence-electron chi connectivity index (χ4n) is 2.50. The van der Waals surface area contributed by atoms with Crippen LogP contribution >= 0.6 is 35.1 Å². The highest BCUT2D eigenvalue weighted by Crippen LogP contribution is 2.55. The van der Waals surface area contributed by atoms with Crippen LogP contribution < -0.4 is 4.52 Å². The van der Waals surface area contributed by atoms with Crippen molar-refractivity contribution in [3.8, 4) is 5.75 Å². The topological polar surface area (TPSA) is 65.0 Å². The van der Waals surface area contributed by atoms with Gasteiger partial charge in [0.05, 0.1) is 31.5 Å². The summed E-state index contributed by atoms with van der Waals surface area (Å²) in [5.74, 6) is 1.60. The molecule has 0 saturated carbocycles. The van der Waals surface area contributed by atoms with Crippen LogP contribution in [0, 0.1) is 0 Å². The number of hydrogen-bond acceptors (Lipinski definition) is 4. The normalized spacial score (nSPS) is 21.6. The second-order valence-corrected chi connectivity index (χ2v) is 8.38. The standard InChI is InChI=1S/C14H9BrClO3P.C4H8O2/c15-12-7-14-10(6-13(12)16)11(8-20(17,18)19-14)9-4-2-1-3-5-9;1-2-6-4-3-5-1/h1-8H,(H,17,18);1-4H2. The van der Waals surface area contributed by atoms with Crippen LogP contribution in [0.2, 0.25) is 5.02 Å². The van der Waals surface area contributed by atoms with E-state index in [4.69, 9.17) is 25.6 Å². The summed E-state index contributed by atoms with van der Waals surface area (Å²) in [6.45, 7) is 3.11. The average Bonchev–Trinajstić information content (AvgIpc) is 2.65. The number of hydrogen-bond donors (Lipinski definition) is 1. The first-order chi connectivity index (χ1) is 12.5. The van der Waals surface area contributed by atoms with Crippen molar-refractivity contribution < 1.29 is 23.5 Å². The van der Waals surface area contributed by atoms with Gasteiger partial charge in [-0.3, -0.25) is 0 Å². The van der Waals surface area contributed by atoms with Gasteiger partial charge in [0, 0.05) is 21.4 Å². The minimum atomic E-state index is -3.80. The molecule has 1 fully saturated rings. The van der Waals surface area contributed by atoms with Crippen LogP contribution in [-0.2, 0) is 14.0 Å². The lowest BCUT2D eigenvalue weighted by Crippen LogP contribution is -2.16. The molecule has 0 aliphatic carbocycles. The molecular formula is C18H17BrClO5P. The smallest absolute Gasteiger partial charge is 0.401 e. The minimum Gasteiger partial charge on any atom is -0.421 e. The maximum absolute atomic E-state index is 12.0. The summed E-state index contributed by atoms with van der Waals surface area (Å²) in [4.78, 5) is 9.82. The maximum Gasteiger partial charge on any atom is 0.401 e. The lowest BCUT2D eigenvalue weighted by atomic mass is 9.99. The highest BCUT2D eigenvalue weighted by Gasteiger charge is 2.29. The van der Waals surface area contributed by atoms with E-state index in [9.17, 15) is 9.46 Å². The Morgan fingerprint density at radius 3 is 2.23 bits per heavy atom. The van der Waals surface area contributed by atoms with Gasteiger partial charge in [0.15, 0.2) is 0 Å². The van der Waals surface area contributed by atoms with Crippen LogP contribution in [0.5, 0.6) is 5.75 Å². The van der Waals surface area contributed by atoms with Crippen LogP contribution in [0.1, 0.15) is 11.1 Å². The molecule has 1 unspecified atom stereocenters. The Bertz CT molecular complexity index is 841. The minimum absolute atomic E-state index is 0.341. The summed E-state index contributed by atoms with van der Waals surface area (Å²) in [7, 11) is -3.80. The fraction of sp³-hybridized carbons (Fsp3) is 0.222. The maximum atomic E-state index is 12.0. The zero-order chi connectivity index (χ0) is 18.6. The first-order valence-corrected chi connectivity index (χ1v) is 10.7. The number of halogens is 2. The molecule has 1 saturated heterocycles. The molecule has 26 heavy (non-hydrogen) atoms. The van der Waals surface area contributed by atoms with Crippen LogP contribution in [0.4, 0.5) is 0 Å². The van der Waals surface area contributed by atoms with E-state index in [0.29, 0.717) is 26.4 Å². The van der Waals surface area contributed by atoms with Crippen molar-refractivity contribution in [1.82, 2.24) is 0 Å². The summed E-state index contributed by atoms with van der Waals surface area (Å²) in [6, 6.07) is 12.7. The van der Waals surface area contributed by atoms with Gasteiger partial charge in [-0.1, -0.05) is 41.9 Å². The predicted molar refractivity (Wildman–Crippen MR) is 105 cm³/mol. The summed E-state index contributed by atoms with van der Waals surface area (Å²) < 4.78 is 27.6. The number of fused-ring (bicyclic) bond motifs is 1. The predicted octanol–water partition coefficient (Wildman–Crippen LogP) is 5.10. The molecule has 2 aliphatic rings. The first-order valence-electron chi connectivity index (χ1n) is 7.91. The van der Waals surface area contributed by atoms with E-state index in [-0.39, 0.29) is 0 Å². The Morgan fingerprint density at radius 2 is 1.65 bits per heavy atom. The van der Waals surface area contributed by atoms with Crippen LogP contribution in [0.15, 0.2) is 52.8 Å². The fourth-order valence-corrected chi connectivity index (χ4v) is 4.09. The van der Waals surface area contributed by atoms with Gasteiger partial charge >= 0.3 is 7.60 Å². The van der Waals surface area contributed by atoms with Gasteiger partial charge in [-0.05, 0) is 33.6 Å². The van der Waals surface area contributed by atoms with E-state index in [1.165, 1.54) is 5.82 Å². The molecule has 0 bridgehead atoms. The van der Waals surface area contributed by atoms with Crippen LogP contribution in [-0.4, -0.2) is 31.3 Å². The van der Waals surface area contributed by atoms with Crippen molar-refractivity contribution in [2.45, 2.75) is 0 Å². The molecule has 138 valence electrons. The zero-order valence-corrected chi connectivity index (χ0v) is 17.0. The lowest BCUT2D eigenvalue weighted by Gasteiger charge is -2.22. The molecule has 5 nitrogen and oxygen atoms in total. The molecule has 1 atom stereocenters. The molecule has 0 amide bonds. The molecule has 0 spiro atoms. The summed E-state index contributed by atoms with van der Waals surface area (Å²) in [5.41, 5.74) is 2.18. The van der Waals surface area contributed by atoms with E-state index in [0.717, 1.165) is 32.0 Å². The third-order valence-corrected chi connectivity index (χ3v) is 5.90. The van der Waals surface area contributed by atoms with Crippen molar-refractivity contribution in [2.24, 2.45) is 0 Å². The average molecular weight is 460 g/mol. The van der Waals surface area contributed by atoms with E-state index >= 15 is 0 Å². The van der Waals surface area contributed by atoms with Gasteiger partial charge in [0.25, 0.3) is 0 Å². The van der Waals surface area contributed by atoms with Crippen molar-refractivity contribution in [3.63, 3.8) is 0 Å². The van der Waals surface area contributed by atoms with E-state index < -0.39 is 7.60 Å². The molecule has 0 radical (unpaired) electrons. The van der Waals surface area contributed by atoms with E-state index in [2.05, 4.69) is 15.9 Å². The number of ether oxygens (including phenoxy) is 2. The van der Waals surface area contributed by atoms with Gasteiger partial charge in [0.1, 0.15) is 5.75 Å². The number of benzene rings is 2. The van der Waals surface area contributed by atoms with Gasteiger partial charge < -0.3 is 18.9 Å². The zero-order valence-electron chi connectivity index (χ0n) is 13.7. The lowest BCUT2D eigenvalue weighted by molar-refractivity contribution is -0.0334. The number of rotatable bonds is 1. The molecule has 1 N–H and O–H groups in total. The Kier molecular flexibility index (Phi) is 6.56. The summed E-state index contributed by atoms with van der Waals surface area (Å²) >= 11 is 9.39. The van der Waals surface area contributed by atoms with Gasteiger partial charge in [-0.15, -0.1) is 0 Å². The van der Waals surface area contributed by atoms with Gasteiger partial charge in [-0.2, -0.15) is 0 Å². The Hall–Kier alpha value is -1.14. The SMILES string of the molecule is C1COCCO1.O=P1(O)C=C(c2ccccc2)c2cc(Cl)c(Br)cc2O1. The van der Waals surface area contributed by atoms with Crippen LogP contribution in [0.3, 0.4) is 0 Å². The van der Waals surface area contributed by atoms with Crippen molar-refractivity contribution in [2.75, 3.05) is 26.4 Å². The quantitative estimate of drug-likeness (QED) is 0.601. The summed E-state index contributed by atoms with van der Waals surface area (Å²) in [5, 5.41) is 0.517. The highest BCUT2D eigenvalue weighted by atomic mass is 79.9. The Morgan fingerprint density at radius 1 is 1.04 bits per heavy atom. The first kappa shape index (κ1) is 19.6. The van der Waals surface area contributed by atoms with Gasteiger partial charge in [-0.25, -0.2) is 4.57 Å². The summed E-state index contributed by atoms with van der Waals surface area (Å²) in [6.07, 6.45) is 0. The molecule has 8 heteroatoms. The second kappa shape index (κ2) is 8.70. The molecule has 2 aliphatic heterocycles. The Balaban J connectivity index is 0.000000278. The Labute approximate surface area is 165 Å². The molecule has 2 aromatic carbocycles. The van der Waals surface area contributed by atoms with Crippen LogP contribution in [0.25, 0.3) is 5.57 Å².